The van der Waals surface area contributed by atoms with E-state index < -0.39 is 23.8 Å². The van der Waals surface area contributed by atoms with Gasteiger partial charge >= 0.3 is 11.9 Å². The number of carboxylic acid groups (broad SMARTS) is 2. The molecule has 6 nitrogen and oxygen atoms in total. The predicted octanol–water partition coefficient (Wildman–Crippen LogP) is 0.788. The van der Waals surface area contributed by atoms with E-state index in [9.17, 15) is 9.59 Å². The van der Waals surface area contributed by atoms with Gasteiger partial charge in [0.05, 0.1) is 17.9 Å². The predicted molar refractivity (Wildman–Crippen MR) is 65.2 cm³/mol. The summed E-state index contributed by atoms with van der Waals surface area (Å²) in [7, 11) is 0. The number of carbonyl (C=O) groups is 2. The van der Waals surface area contributed by atoms with Gasteiger partial charge in [0.2, 0.25) is 0 Å². The molecular weight excluding hydrogens is 248 g/mol. The van der Waals surface area contributed by atoms with Crippen molar-refractivity contribution < 1.29 is 19.8 Å². The van der Waals surface area contributed by atoms with Crippen LogP contribution in [0.5, 0.6) is 0 Å². The molecule has 19 heavy (non-hydrogen) atoms. The maximum atomic E-state index is 11.2. The molecule has 0 radical (unpaired) electrons. The molecule has 0 bridgehead atoms. The standard InChI is InChI=1S/C13H18N2O4/c14-5-4-13(2-3-13)8-15-6-1-9(11(16)17)10(7-15)12(18)19/h9-10H,1-4,6-8H2,(H,16,17)(H,18,19). The lowest BCUT2D eigenvalue weighted by atomic mass is 9.85. The molecule has 1 heterocycles. The van der Waals surface area contributed by atoms with Crippen LogP contribution in [0.2, 0.25) is 0 Å². The summed E-state index contributed by atoms with van der Waals surface area (Å²) in [6, 6.07) is 2.18. The van der Waals surface area contributed by atoms with Gasteiger partial charge in [-0.1, -0.05) is 0 Å². The minimum absolute atomic E-state index is 0.0356. The Morgan fingerprint density at radius 2 is 1.89 bits per heavy atom. The number of rotatable bonds is 5. The van der Waals surface area contributed by atoms with Gasteiger partial charge in [-0.15, -0.1) is 0 Å². The largest absolute Gasteiger partial charge is 0.481 e. The average Bonchev–Trinajstić information content (AvgIpc) is 3.08. The molecule has 0 aromatic carbocycles. The smallest absolute Gasteiger partial charge is 0.308 e. The summed E-state index contributed by atoms with van der Waals surface area (Å²) < 4.78 is 0. The summed E-state index contributed by atoms with van der Waals surface area (Å²) in [5.41, 5.74) is 0.0356. The molecule has 0 amide bonds. The Labute approximate surface area is 111 Å². The lowest BCUT2D eigenvalue weighted by molar-refractivity contribution is -0.157. The van der Waals surface area contributed by atoms with Crippen LogP contribution in [-0.2, 0) is 9.59 Å². The third kappa shape index (κ3) is 3.04. The van der Waals surface area contributed by atoms with Crippen molar-refractivity contribution in [3.8, 4) is 6.07 Å². The fourth-order valence-electron chi connectivity index (χ4n) is 2.92. The summed E-state index contributed by atoms with van der Waals surface area (Å²) in [4.78, 5) is 24.2. The number of carboxylic acids is 2. The number of nitrogens with zero attached hydrogens (tertiary/aromatic N) is 2. The zero-order chi connectivity index (χ0) is 14.0. The van der Waals surface area contributed by atoms with Gasteiger partial charge in [0.1, 0.15) is 0 Å². The van der Waals surface area contributed by atoms with Crippen LogP contribution in [-0.4, -0.2) is 46.7 Å². The van der Waals surface area contributed by atoms with Crippen LogP contribution >= 0.6 is 0 Å². The quantitative estimate of drug-likeness (QED) is 0.762. The summed E-state index contributed by atoms with van der Waals surface area (Å²) in [6.07, 6.45) is 2.90. The fraction of sp³-hybridized carbons (Fsp3) is 0.769. The molecule has 0 aromatic rings. The van der Waals surface area contributed by atoms with Crippen LogP contribution in [0, 0.1) is 28.6 Å². The Morgan fingerprint density at radius 1 is 1.26 bits per heavy atom. The zero-order valence-electron chi connectivity index (χ0n) is 10.7. The van der Waals surface area contributed by atoms with Gasteiger partial charge in [-0.25, -0.2) is 0 Å². The van der Waals surface area contributed by atoms with Gasteiger partial charge < -0.3 is 15.1 Å². The van der Waals surface area contributed by atoms with Crippen LogP contribution in [0.15, 0.2) is 0 Å². The highest BCUT2D eigenvalue weighted by Crippen LogP contribution is 2.49. The minimum Gasteiger partial charge on any atom is -0.481 e. The summed E-state index contributed by atoms with van der Waals surface area (Å²) >= 11 is 0. The second-order valence-electron chi connectivity index (χ2n) is 5.75. The van der Waals surface area contributed by atoms with E-state index in [0.29, 0.717) is 19.4 Å². The molecule has 104 valence electrons. The zero-order valence-corrected chi connectivity index (χ0v) is 10.7. The highest BCUT2D eigenvalue weighted by atomic mass is 16.4. The monoisotopic (exact) mass is 266 g/mol. The second kappa shape index (κ2) is 5.17. The summed E-state index contributed by atoms with van der Waals surface area (Å²) in [5.74, 6) is -3.70. The first kappa shape index (κ1) is 13.8. The first-order valence-corrected chi connectivity index (χ1v) is 6.52. The Bertz CT molecular complexity index is 425. The highest BCUT2D eigenvalue weighted by molar-refractivity contribution is 5.80. The Kier molecular flexibility index (Phi) is 3.76. The van der Waals surface area contributed by atoms with Crippen molar-refractivity contribution >= 4 is 11.9 Å². The number of aliphatic carboxylic acids is 2. The normalized spacial score (nSPS) is 29.4. The molecule has 1 saturated carbocycles. The van der Waals surface area contributed by atoms with Crippen molar-refractivity contribution in [3.05, 3.63) is 0 Å². The molecule has 2 N–H and O–H groups in total. The van der Waals surface area contributed by atoms with Gasteiger partial charge in [0.15, 0.2) is 0 Å². The molecular formula is C13H18N2O4. The van der Waals surface area contributed by atoms with E-state index in [4.69, 9.17) is 15.5 Å². The number of nitriles is 1. The molecule has 2 unspecified atom stereocenters. The maximum Gasteiger partial charge on any atom is 0.308 e. The van der Waals surface area contributed by atoms with Gasteiger partial charge in [0, 0.05) is 19.5 Å². The van der Waals surface area contributed by atoms with E-state index in [1.807, 2.05) is 4.90 Å². The molecule has 2 rings (SSSR count). The van der Waals surface area contributed by atoms with E-state index in [-0.39, 0.29) is 12.0 Å². The van der Waals surface area contributed by atoms with E-state index in [1.54, 1.807) is 0 Å². The van der Waals surface area contributed by atoms with Crippen molar-refractivity contribution in [2.75, 3.05) is 19.6 Å². The molecule has 2 fully saturated rings. The summed E-state index contributed by atoms with van der Waals surface area (Å²) in [6.45, 7) is 1.60. The van der Waals surface area contributed by atoms with E-state index in [0.717, 1.165) is 19.4 Å². The van der Waals surface area contributed by atoms with Gasteiger partial charge in [-0.2, -0.15) is 5.26 Å². The Hall–Kier alpha value is -1.61. The molecule has 6 heteroatoms. The van der Waals surface area contributed by atoms with Crippen LogP contribution in [0.4, 0.5) is 0 Å². The molecule has 2 atom stereocenters. The lowest BCUT2D eigenvalue weighted by Crippen LogP contribution is -2.48. The fourth-order valence-corrected chi connectivity index (χ4v) is 2.92. The van der Waals surface area contributed by atoms with Crippen LogP contribution < -0.4 is 0 Å². The molecule has 0 spiro atoms. The van der Waals surface area contributed by atoms with Gasteiger partial charge in [-0.3, -0.25) is 9.59 Å². The first-order chi connectivity index (χ1) is 8.97. The molecule has 1 saturated heterocycles. The lowest BCUT2D eigenvalue weighted by Gasteiger charge is -2.36. The highest BCUT2D eigenvalue weighted by Gasteiger charge is 2.46. The first-order valence-electron chi connectivity index (χ1n) is 6.52. The Balaban J connectivity index is 1.98. The van der Waals surface area contributed by atoms with Crippen molar-refractivity contribution in [1.29, 1.82) is 5.26 Å². The van der Waals surface area contributed by atoms with Crippen LogP contribution in [0.3, 0.4) is 0 Å². The van der Waals surface area contributed by atoms with E-state index >= 15 is 0 Å². The topological polar surface area (TPSA) is 102 Å². The third-order valence-corrected chi connectivity index (χ3v) is 4.30. The molecule has 1 aliphatic carbocycles. The van der Waals surface area contributed by atoms with E-state index in [2.05, 4.69) is 6.07 Å². The number of hydrogen-bond acceptors (Lipinski definition) is 4. The van der Waals surface area contributed by atoms with Crippen molar-refractivity contribution in [1.82, 2.24) is 4.90 Å². The maximum absolute atomic E-state index is 11.2. The van der Waals surface area contributed by atoms with Crippen LogP contribution in [0.1, 0.15) is 25.7 Å². The van der Waals surface area contributed by atoms with Crippen molar-refractivity contribution in [2.45, 2.75) is 25.7 Å². The minimum atomic E-state index is -1.04. The molecule has 0 aromatic heterocycles. The van der Waals surface area contributed by atoms with Crippen molar-refractivity contribution in [3.63, 3.8) is 0 Å². The van der Waals surface area contributed by atoms with Gasteiger partial charge in [0.25, 0.3) is 0 Å². The molecule has 1 aliphatic heterocycles. The van der Waals surface area contributed by atoms with E-state index in [1.165, 1.54) is 0 Å². The number of piperidine rings is 1. The second-order valence-corrected chi connectivity index (χ2v) is 5.75. The average molecular weight is 266 g/mol. The summed E-state index contributed by atoms with van der Waals surface area (Å²) in [5, 5.41) is 27.0. The molecule has 2 aliphatic rings. The van der Waals surface area contributed by atoms with Crippen molar-refractivity contribution in [2.24, 2.45) is 17.3 Å². The van der Waals surface area contributed by atoms with Crippen LogP contribution in [0.25, 0.3) is 0 Å². The SMILES string of the molecule is N#CCC1(CN2CCC(C(=O)O)C(C(=O)O)C2)CC1. The van der Waals surface area contributed by atoms with Gasteiger partial charge in [-0.05, 0) is 31.2 Å². The Morgan fingerprint density at radius 3 is 2.37 bits per heavy atom. The number of hydrogen-bond donors (Lipinski definition) is 2. The number of likely N-dealkylation sites (tertiary alicyclic amines) is 1. The third-order valence-electron chi connectivity index (χ3n) is 4.30.